The summed E-state index contributed by atoms with van der Waals surface area (Å²) in [6, 6.07) is 4.51. The molecule has 0 unspecified atom stereocenters. The first-order chi connectivity index (χ1) is 11.4. The van der Waals surface area contributed by atoms with Gasteiger partial charge in [0.05, 0.1) is 6.54 Å². The number of hydrogen-bond acceptors (Lipinski definition) is 4. The van der Waals surface area contributed by atoms with Crippen molar-refractivity contribution in [3.8, 4) is 0 Å². The van der Waals surface area contributed by atoms with Gasteiger partial charge in [-0.3, -0.25) is 30.2 Å². The van der Waals surface area contributed by atoms with Crippen molar-refractivity contribution in [2.75, 3.05) is 6.54 Å². The molecule has 0 bridgehead atoms. The Morgan fingerprint density at radius 1 is 1.25 bits per heavy atom. The molecule has 0 aromatic carbocycles. The maximum atomic E-state index is 11.9. The molecule has 0 atom stereocenters. The van der Waals surface area contributed by atoms with Crippen LogP contribution in [-0.2, 0) is 11.8 Å². The molecule has 10 heteroatoms. The predicted molar refractivity (Wildman–Crippen MR) is 90.3 cm³/mol. The van der Waals surface area contributed by atoms with Gasteiger partial charge in [-0.05, 0) is 34.1 Å². The van der Waals surface area contributed by atoms with Crippen LogP contribution in [0.3, 0.4) is 0 Å². The SMILES string of the molecule is Cn1cc(Br)cc1C(=O)NNC(=O)CNC(=O)c1cc(Cl)ccn1. The summed E-state index contributed by atoms with van der Waals surface area (Å²) in [6.07, 6.45) is 3.09. The summed E-state index contributed by atoms with van der Waals surface area (Å²) in [7, 11) is 1.69. The zero-order valence-electron chi connectivity index (χ0n) is 12.5. The molecule has 8 nitrogen and oxygen atoms in total. The summed E-state index contributed by atoms with van der Waals surface area (Å²) in [5.41, 5.74) is 4.91. The summed E-state index contributed by atoms with van der Waals surface area (Å²) in [5.74, 6) is -1.63. The molecule has 3 amide bonds. The van der Waals surface area contributed by atoms with E-state index >= 15 is 0 Å². The lowest BCUT2D eigenvalue weighted by atomic mass is 10.3. The molecular formula is C14H13BrClN5O3. The second-order valence-corrected chi connectivity index (χ2v) is 6.05. The van der Waals surface area contributed by atoms with Crippen molar-refractivity contribution in [2.45, 2.75) is 0 Å². The zero-order chi connectivity index (χ0) is 17.7. The highest BCUT2D eigenvalue weighted by Gasteiger charge is 2.13. The number of aromatic nitrogens is 2. The first-order valence-corrected chi connectivity index (χ1v) is 7.84. The first-order valence-electron chi connectivity index (χ1n) is 6.67. The normalized spacial score (nSPS) is 10.1. The molecule has 126 valence electrons. The van der Waals surface area contributed by atoms with Crippen LogP contribution in [-0.4, -0.2) is 33.8 Å². The molecule has 2 aromatic heterocycles. The smallest absolute Gasteiger partial charge is 0.286 e. The minimum Gasteiger partial charge on any atom is -0.345 e. The van der Waals surface area contributed by atoms with Gasteiger partial charge in [0.2, 0.25) is 0 Å². The average Bonchev–Trinajstić information content (AvgIpc) is 2.88. The highest BCUT2D eigenvalue weighted by Crippen LogP contribution is 2.13. The summed E-state index contributed by atoms with van der Waals surface area (Å²) in [6.45, 7) is -0.329. The Bertz CT molecular complexity index is 792. The van der Waals surface area contributed by atoms with E-state index in [-0.39, 0.29) is 12.2 Å². The van der Waals surface area contributed by atoms with Crippen LogP contribution in [0, 0.1) is 0 Å². The van der Waals surface area contributed by atoms with Crippen molar-refractivity contribution in [3.05, 3.63) is 51.5 Å². The minimum absolute atomic E-state index is 0.0907. The third-order valence-electron chi connectivity index (χ3n) is 2.88. The third-order valence-corrected chi connectivity index (χ3v) is 3.55. The lowest BCUT2D eigenvalue weighted by Gasteiger charge is -2.08. The fourth-order valence-corrected chi connectivity index (χ4v) is 2.45. The molecule has 24 heavy (non-hydrogen) atoms. The van der Waals surface area contributed by atoms with Gasteiger partial charge in [0.25, 0.3) is 17.7 Å². The molecule has 3 N–H and O–H groups in total. The molecule has 0 aliphatic heterocycles. The van der Waals surface area contributed by atoms with Crippen molar-refractivity contribution in [1.29, 1.82) is 0 Å². The summed E-state index contributed by atoms with van der Waals surface area (Å²) >= 11 is 9.01. The van der Waals surface area contributed by atoms with Gasteiger partial charge in [-0.25, -0.2) is 0 Å². The van der Waals surface area contributed by atoms with Crippen LogP contribution in [0.5, 0.6) is 0 Å². The van der Waals surface area contributed by atoms with Gasteiger partial charge >= 0.3 is 0 Å². The van der Waals surface area contributed by atoms with E-state index in [2.05, 4.69) is 37.1 Å². The number of carbonyl (C=O) groups is 3. The van der Waals surface area contributed by atoms with E-state index in [1.165, 1.54) is 18.3 Å². The van der Waals surface area contributed by atoms with E-state index in [0.29, 0.717) is 10.7 Å². The molecule has 0 radical (unpaired) electrons. The van der Waals surface area contributed by atoms with Crippen molar-refractivity contribution in [3.63, 3.8) is 0 Å². The lowest BCUT2D eigenvalue weighted by Crippen LogP contribution is -2.46. The summed E-state index contributed by atoms with van der Waals surface area (Å²) in [5, 5.41) is 2.73. The van der Waals surface area contributed by atoms with Gasteiger partial charge in [0.1, 0.15) is 11.4 Å². The molecule has 0 saturated heterocycles. The minimum atomic E-state index is -0.591. The Morgan fingerprint density at radius 2 is 2.00 bits per heavy atom. The van der Waals surface area contributed by atoms with E-state index in [4.69, 9.17) is 11.6 Å². The molecule has 2 heterocycles. The van der Waals surface area contributed by atoms with Crippen LogP contribution in [0.2, 0.25) is 5.02 Å². The fraction of sp³-hybridized carbons (Fsp3) is 0.143. The van der Waals surface area contributed by atoms with Gasteiger partial charge in [0.15, 0.2) is 0 Å². The van der Waals surface area contributed by atoms with E-state index in [0.717, 1.165) is 4.47 Å². The van der Waals surface area contributed by atoms with Crippen LogP contribution in [0.1, 0.15) is 21.0 Å². The number of aryl methyl sites for hydroxylation is 1. The number of hydrogen-bond donors (Lipinski definition) is 3. The number of nitrogens with one attached hydrogen (secondary N) is 3. The monoisotopic (exact) mass is 413 g/mol. The predicted octanol–water partition coefficient (Wildman–Crippen LogP) is 1.03. The van der Waals surface area contributed by atoms with Crippen LogP contribution in [0.15, 0.2) is 35.1 Å². The Kier molecular flexibility index (Phi) is 5.93. The highest BCUT2D eigenvalue weighted by atomic mass is 79.9. The fourth-order valence-electron chi connectivity index (χ4n) is 1.76. The van der Waals surface area contributed by atoms with Crippen molar-refractivity contribution in [2.24, 2.45) is 7.05 Å². The zero-order valence-corrected chi connectivity index (χ0v) is 14.8. The number of rotatable bonds is 4. The number of halogens is 2. The maximum Gasteiger partial charge on any atom is 0.286 e. The average molecular weight is 415 g/mol. The first kappa shape index (κ1) is 18.0. The topological polar surface area (TPSA) is 105 Å². The van der Waals surface area contributed by atoms with Crippen molar-refractivity contribution < 1.29 is 14.4 Å². The summed E-state index contributed by atoms with van der Waals surface area (Å²) in [4.78, 5) is 39.2. The second-order valence-electron chi connectivity index (χ2n) is 4.70. The van der Waals surface area contributed by atoms with Crippen LogP contribution >= 0.6 is 27.5 Å². The van der Waals surface area contributed by atoms with E-state index in [1.54, 1.807) is 23.9 Å². The number of nitrogens with zero attached hydrogens (tertiary/aromatic N) is 2. The molecule has 0 aliphatic carbocycles. The largest absolute Gasteiger partial charge is 0.345 e. The van der Waals surface area contributed by atoms with Gasteiger partial charge < -0.3 is 9.88 Å². The van der Waals surface area contributed by atoms with Gasteiger partial charge in [-0.1, -0.05) is 11.6 Å². The number of amides is 3. The van der Waals surface area contributed by atoms with Crippen molar-refractivity contribution in [1.82, 2.24) is 25.7 Å². The van der Waals surface area contributed by atoms with Crippen LogP contribution in [0.4, 0.5) is 0 Å². The molecule has 0 fully saturated rings. The highest BCUT2D eigenvalue weighted by molar-refractivity contribution is 9.10. The van der Waals surface area contributed by atoms with E-state index in [1.807, 2.05) is 0 Å². The maximum absolute atomic E-state index is 11.9. The quantitative estimate of drug-likeness (QED) is 0.650. The Hall–Kier alpha value is -2.39. The number of pyridine rings is 1. The Labute approximate surface area is 150 Å². The second kappa shape index (κ2) is 7.93. The number of carbonyl (C=O) groups excluding carboxylic acids is 3. The van der Waals surface area contributed by atoms with Crippen LogP contribution < -0.4 is 16.2 Å². The standard InChI is InChI=1S/C14H13BrClN5O3/c1-21-7-8(15)4-11(21)14(24)20-19-12(22)6-18-13(23)10-5-9(16)2-3-17-10/h2-5,7H,6H2,1H3,(H,18,23)(H,19,22)(H,20,24). The van der Waals surface area contributed by atoms with Gasteiger partial charge in [0, 0.05) is 28.9 Å². The lowest BCUT2D eigenvalue weighted by molar-refractivity contribution is -0.120. The molecule has 0 spiro atoms. The molecular weight excluding hydrogens is 402 g/mol. The molecule has 2 rings (SSSR count). The third kappa shape index (κ3) is 4.80. The Balaban J connectivity index is 1.80. The van der Waals surface area contributed by atoms with Crippen LogP contribution in [0.25, 0.3) is 0 Å². The van der Waals surface area contributed by atoms with Gasteiger partial charge in [-0.15, -0.1) is 0 Å². The molecule has 0 aliphatic rings. The van der Waals surface area contributed by atoms with Gasteiger partial charge in [-0.2, -0.15) is 0 Å². The summed E-state index contributed by atoms with van der Waals surface area (Å²) < 4.78 is 2.33. The van der Waals surface area contributed by atoms with E-state index < -0.39 is 17.7 Å². The van der Waals surface area contributed by atoms with E-state index in [9.17, 15) is 14.4 Å². The molecule has 0 saturated carbocycles. The molecule has 2 aromatic rings. The van der Waals surface area contributed by atoms with Crippen molar-refractivity contribution >= 4 is 45.3 Å². The number of hydrazine groups is 1. The Morgan fingerprint density at radius 3 is 2.62 bits per heavy atom.